The molecule has 2 amide bonds. The van der Waals surface area contributed by atoms with Gasteiger partial charge in [0.15, 0.2) is 0 Å². The van der Waals surface area contributed by atoms with Crippen LogP contribution in [0.5, 0.6) is 0 Å². The maximum atomic E-state index is 12.3. The summed E-state index contributed by atoms with van der Waals surface area (Å²) in [5.74, 6) is -1.42. The summed E-state index contributed by atoms with van der Waals surface area (Å²) >= 11 is 0. The first-order valence-electron chi connectivity index (χ1n) is 8.01. The van der Waals surface area contributed by atoms with Crippen LogP contribution in [0, 0.1) is 11.8 Å². The van der Waals surface area contributed by atoms with Crippen LogP contribution in [0.1, 0.15) is 44.9 Å². The van der Waals surface area contributed by atoms with E-state index >= 15 is 0 Å². The van der Waals surface area contributed by atoms with Gasteiger partial charge in [0, 0.05) is 25.6 Å². The highest BCUT2D eigenvalue weighted by Gasteiger charge is 2.43. The molecule has 2 fully saturated rings. The fraction of sp³-hybridized carbons (Fsp3) is 0.867. The standard InChI is InChI=1S/C15H23F3N2O2/c16-15(17,18)14(22)20-8-6-11(7-9-20)10-19-13(21)12-4-2-1-3-5-12/h11-12H,1-10H2,(H,19,21). The fourth-order valence-electron chi connectivity index (χ4n) is 3.27. The molecule has 0 atom stereocenters. The van der Waals surface area contributed by atoms with E-state index in [9.17, 15) is 22.8 Å². The van der Waals surface area contributed by atoms with Crippen LogP contribution in [-0.2, 0) is 9.59 Å². The maximum absolute atomic E-state index is 12.3. The van der Waals surface area contributed by atoms with Gasteiger partial charge in [0.2, 0.25) is 5.91 Å². The van der Waals surface area contributed by atoms with Crippen LogP contribution in [0.4, 0.5) is 13.2 Å². The van der Waals surface area contributed by atoms with E-state index in [-0.39, 0.29) is 30.8 Å². The molecular formula is C15H23F3N2O2. The predicted molar refractivity (Wildman–Crippen MR) is 74.9 cm³/mol. The zero-order valence-corrected chi connectivity index (χ0v) is 12.6. The van der Waals surface area contributed by atoms with Gasteiger partial charge >= 0.3 is 12.1 Å². The van der Waals surface area contributed by atoms with E-state index in [2.05, 4.69) is 5.32 Å². The zero-order chi connectivity index (χ0) is 16.2. The number of halogens is 3. The molecule has 0 aromatic carbocycles. The summed E-state index contributed by atoms with van der Waals surface area (Å²) in [7, 11) is 0. The zero-order valence-electron chi connectivity index (χ0n) is 12.6. The van der Waals surface area contributed by atoms with Gasteiger partial charge in [-0.15, -0.1) is 0 Å². The highest BCUT2D eigenvalue weighted by molar-refractivity contribution is 5.82. The van der Waals surface area contributed by atoms with Crippen molar-refractivity contribution in [3.05, 3.63) is 0 Å². The van der Waals surface area contributed by atoms with Crippen LogP contribution >= 0.6 is 0 Å². The first-order chi connectivity index (χ1) is 10.4. The van der Waals surface area contributed by atoms with Crippen LogP contribution < -0.4 is 5.32 Å². The van der Waals surface area contributed by atoms with Gasteiger partial charge in [-0.2, -0.15) is 13.2 Å². The minimum absolute atomic E-state index is 0.0773. The Labute approximate surface area is 128 Å². The second-order valence-corrected chi connectivity index (χ2v) is 6.31. The Morgan fingerprint density at radius 3 is 2.14 bits per heavy atom. The number of carbonyl (C=O) groups is 2. The van der Waals surface area contributed by atoms with Gasteiger partial charge in [0.25, 0.3) is 0 Å². The molecule has 0 radical (unpaired) electrons. The summed E-state index contributed by atoms with van der Waals surface area (Å²) in [5.41, 5.74) is 0. The number of amides is 2. The lowest BCUT2D eigenvalue weighted by molar-refractivity contribution is -0.186. The molecule has 1 saturated carbocycles. The van der Waals surface area contributed by atoms with Crippen molar-refractivity contribution >= 4 is 11.8 Å². The molecule has 0 unspecified atom stereocenters. The number of alkyl halides is 3. The number of nitrogens with zero attached hydrogens (tertiary/aromatic N) is 1. The Hall–Kier alpha value is -1.27. The SMILES string of the molecule is O=C(NCC1CCN(C(=O)C(F)(F)F)CC1)C1CCCCC1. The Morgan fingerprint density at radius 2 is 1.59 bits per heavy atom. The van der Waals surface area contributed by atoms with Crippen LogP contribution in [0.3, 0.4) is 0 Å². The van der Waals surface area contributed by atoms with Crippen molar-refractivity contribution in [2.45, 2.75) is 51.1 Å². The van der Waals surface area contributed by atoms with E-state index in [0.717, 1.165) is 30.6 Å². The Morgan fingerprint density at radius 1 is 1.00 bits per heavy atom. The van der Waals surface area contributed by atoms with Gasteiger partial charge in [-0.1, -0.05) is 19.3 Å². The molecule has 1 aliphatic heterocycles. The van der Waals surface area contributed by atoms with Crippen LogP contribution in [-0.4, -0.2) is 42.5 Å². The molecule has 2 aliphatic rings. The average molecular weight is 320 g/mol. The van der Waals surface area contributed by atoms with Crippen LogP contribution in [0.15, 0.2) is 0 Å². The second-order valence-electron chi connectivity index (χ2n) is 6.31. The maximum Gasteiger partial charge on any atom is 0.471 e. The van der Waals surface area contributed by atoms with Crippen molar-refractivity contribution in [1.29, 1.82) is 0 Å². The minimum atomic E-state index is -4.79. The van der Waals surface area contributed by atoms with E-state index in [1.807, 2.05) is 0 Å². The van der Waals surface area contributed by atoms with Gasteiger partial charge in [-0.25, -0.2) is 0 Å². The molecule has 0 spiro atoms. The molecule has 1 heterocycles. The van der Waals surface area contributed by atoms with Crippen molar-refractivity contribution in [2.24, 2.45) is 11.8 Å². The normalized spacial score (nSPS) is 21.7. The molecule has 7 heteroatoms. The number of carbonyl (C=O) groups excluding carboxylic acids is 2. The number of nitrogens with one attached hydrogen (secondary N) is 1. The Bertz CT molecular complexity index is 398. The predicted octanol–water partition coefficient (Wildman–Crippen LogP) is 2.48. The summed E-state index contributed by atoms with van der Waals surface area (Å²) < 4.78 is 37.0. The minimum Gasteiger partial charge on any atom is -0.356 e. The number of rotatable bonds is 3. The van der Waals surface area contributed by atoms with E-state index in [4.69, 9.17) is 0 Å². The number of hydrogen-bond donors (Lipinski definition) is 1. The quantitative estimate of drug-likeness (QED) is 0.868. The number of likely N-dealkylation sites (tertiary alicyclic amines) is 1. The lowest BCUT2D eigenvalue weighted by Crippen LogP contribution is -2.47. The summed E-state index contributed by atoms with van der Waals surface area (Å²) in [6.45, 7) is 0.730. The van der Waals surface area contributed by atoms with Crippen molar-refractivity contribution in [3.8, 4) is 0 Å². The molecule has 0 aromatic rings. The van der Waals surface area contributed by atoms with Gasteiger partial charge in [-0.3, -0.25) is 9.59 Å². The first-order valence-corrected chi connectivity index (χ1v) is 8.01. The molecular weight excluding hydrogens is 297 g/mol. The Balaban J connectivity index is 1.69. The lowest BCUT2D eigenvalue weighted by atomic mass is 9.88. The van der Waals surface area contributed by atoms with Gasteiger partial charge < -0.3 is 10.2 Å². The average Bonchev–Trinajstić information content (AvgIpc) is 2.52. The molecule has 0 aromatic heterocycles. The van der Waals surface area contributed by atoms with Crippen molar-refractivity contribution in [2.75, 3.05) is 19.6 Å². The van der Waals surface area contributed by atoms with Crippen LogP contribution in [0.25, 0.3) is 0 Å². The first kappa shape index (κ1) is 17.1. The Kier molecular flexibility index (Phi) is 5.69. The summed E-state index contributed by atoms with van der Waals surface area (Å²) in [6, 6.07) is 0. The molecule has 0 bridgehead atoms. The molecule has 2 rings (SSSR count). The molecule has 1 N–H and O–H groups in total. The lowest BCUT2D eigenvalue weighted by Gasteiger charge is -2.32. The highest BCUT2D eigenvalue weighted by Crippen LogP contribution is 2.25. The van der Waals surface area contributed by atoms with Crippen molar-refractivity contribution in [3.63, 3.8) is 0 Å². The largest absolute Gasteiger partial charge is 0.471 e. The van der Waals surface area contributed by atoms with E-state index in [1.54, 1.807) is 0 Å². The summed E-state index contributed by atoms with van der Waals surface area (Å²) in [4.78, 5) is 24.0. The summed E-state index contributed by atoms with van der Waals surface area (Å²) in [6.07, 6.45) is 1.47. The fourth-order valence-corrected chi connectivity index (χ4v) is 3.27. The van der Waals surface area contributed by atoms with E-state index in [1.165, 1.54) is 6.42 Å². The molecule has 22 heavy (non-hydrogen) atoms. The smallest absolute Gasteiger partial charge is 0.356 e. The monoisotopic (exact) mass is 320 g/mol. The number of piperidine rings is 1. The third-order valence-corrected chi connectivity index (χ3v) is 4.69. The molecule has 1 saturated heterocycles. The third-order valence-electron chi connectivity index (χ3n) is 4.69. The van der Waals surface area contributed by atoms with Crippen molar-refractivity contribution in [1.82, 2.24) is 10.2 Å². The molecule has 4 nitrogen and oxygen atoms in total. The van der Waals surface area contributed by atoms with Gasteiger partial charge in [-0.05, 0) is 31.6 Å². The van der Waals surface area contributed by atoms with Gasteiger partial charge in [0.1, 0.15) is 0 Å². The molecule has 126 valence electrons. The molecule has 1 aliphatic carbocycles. The number of hydrogen-bond acceptors (Lipinski definition) is 2. The van der Waals surface area contributed by atoms with Crippen molar-refractivity contribution < 1.29 is 22.8 Å². The topological polar surface area (TPSA) is 49.4 Å². The van der Waals surface area contributed by atoms with Gasteiger partial charge in [0.05, 0.1) is 0 Å². The van der Waals surface area contributed by atoms with Crippen LogP contribution in [0.2, 0.25) is 0 Å². The summed E-state index contributed by atoms with van der Waals surface area (Å²) in [5, 5.41) is 2.93. The second kappa shape index (κ2) is 7.33. The van der Waals surface area contributed by atoms with E-state index in [0.29, 0.717) is 19.4 Å². The third kappa shape index (κ3) is 4.61. The van der Waals surface area contributed by atoms with E-state index < -0.39 is 12.1 Å². The highest BCUT2D eigenvalue weighted by atomic mass is 19.4.